The van der Waals surface area contributed by atoms with E-state index in [9.17, 15) is 8.42 Å². The predicted octanol–water partition coefficient (Wildman–Crippen LogP) is 3.94. The first-order chi connectivity index (χ1) is 16.0. The normalized spacial score (nSPS) is 11.1. The molecule has 0 saturated carbocycles. The van der Waals surface area contributed by atoms with E-state index in [-0.39, 0.29) is 4.90 Å². The Morgan fingerprint density at radius 3 is 2.21 bits per heavy atom. The maximum Gasteiger partial charge on any atom is 0.240 e. The zero-order valence-corrected chi connectivity index (χ0v) is 18.8. The van der Waals surface area contributed by atoms with Gasteiger partial charge in [-0.25, -0.2) is 23.1 Å². The van der Waals surface area contributed by atoms with E-state index in [0.717, 1.165) is 16.8 Å². The Morgan fingerprint density at radius 1 is 0.818 bits per heavy atom. The second kappa shape index (κ2) is 9.63. The molecule has 0 atom stereocenters. The summed E-state index contributed by atoms with van der Waals surface area (Å²) in [7, 11) is -0.562. The third kappa shape index (κ3) is 5.43. The molecule has 0 radical (unpaired) electrons. The molecule has 3 N–H and O–H groups in total. The summed E-state index contributed by atoms with van der Waals surface area (Å²) in [4.78, 5) is 12.9. The van der Waals surface area contributed by atoms with Gasteiger partial charge < -0.3 is 15.4 Å². The van der Waals surface area contributed by atoms with Crippen molar-refractivity contribution in [1.29, 1.82) is 0 Å². The van der Waals surface area contributed by atoms with Gasteiger partial charge in [0.1, 0.15) is 23.7 Å². The van der Waals surface area contributed by atoms with Crippen LogP contribution in [0.2, 0.25) is 0 Å². The third-order valence-electron chi connectivity index (χ3n) is 4.77. The zero-order chi connectivity index (χ0) is 23.3. The molecule has 2 aromatic carbocycles. The minimum absolute atomic E-state index is 0.159. The lowest BCUT2D eigenvalue weighted by Gasteiger charge is -2.11. The molecule has 2 aromatic heterocycles. The average Bonchev–Trinajstić information content (AvgIpc) is 2.84. The second-order valence-electron chi connectivity index (χ2n) is 6.97. The summed E-state index contributed by atoms with van der Waals surface area (Å²) >= 11 is 0. The number of methoxy groups -OCH3 is 1. The van der Waals surface area contributed by atoms with Gasteiger partial charge in [-0.2, -0.15) is 0 Å². The lowest BCUT2D eigenvalue weighted by molar-refractivity contribution is 0.413. The van der Waals surface area contributed by atoms with E-state index in [2.05, 4.69) is 30.3 Å². The van der Waals surface area contributed by atoms with Crippen LogP contribution in [0.5, 0.6) is 5.75 Å². The highest BCUT2D eigenvalue weighted by Crippen LogP contribution is 2.27. The highest BCUT2D eigenvalue weighted by Gasteiger charge is 2.12. The fourth-order valence-corrected chi connectivity index (χ4v) is 3.89. The average molecular weight is 463 g/mol. The van der Waals surface area contributed by atoms with Crippen LogP contribution in [-0.4, -0.2) is 37.5 Å². The number of ether oxygens (including phenoxy) is 1. The molecule has 0 aliphatic rings. The van der Waals surface area contributed by atoms with Crippen molar-refractivity contribution in [3.63, 3.8) is 0 Å². The molecule has 0 aliphatic heterocycles. The first-order valence-electron chi connectivity index (χ1n) is 9.96. The van der Waals surface area contributed by atoms with Crippen LogP contribution >= 0.6 is 0 Å². The Hall–Kier alpha value is -4.02. The Balaban J connectivity index is 1.53. The number of nitrogens with one attached hydrogen (secondary N) is 3. The molecule has 0 aliphatic carbocycles. The molecule has 0 amide bonds. The molecular formula is C23H22N6O3S. The predicted molar refractivity (Wildman–Crippen MR) is 128 cm³/mol. The van der Waals surface area contributed by atoms with Gasteiger partial charge in [0.2, 0.25) is 10.0 Å². The molecular weight excluding hydrogens is 440 g/mol. The molecule has 168 valence electrons. The fourth-order valence-electron chi connectivity index (χ4n) is 3.11. The summed E-state index contributed by atoms with van der Waals surface area (Å²) in [5.74, 6) is 1.77. The topological polar surface area (TPSA) is 118 Å². The van der Waals surface area contributed by atoms with Crippen LogP contribution in [0.1, 0.15) is 0 Å². The highest BCUT2D eigenvalue weighted by atomic mass is 32.2. The number of hydrogen-bond donors (Lipinski definition) is 3. The van der Waals surface area contributed by atoms with Crippen LogP contribution in [0, 0.1) is 0 Å². The molecule has 0 bridgehead atoms. The van der Waals surface area contributed by atoms with E-state index in [1.165, 1.54) is 25.5 Å². The maximum atomic E-state index is 12.0. The lowest BCUT2D eigenvalue weighted by atomic mass is 10.1. The molecule has 9 nitrogen and oxygen atoms in total. The van der Waals surface area contributed by atoms with Gasteiger partial charge >= 0.3 is 0 Å². The number of hydrogen-bond acceptors (Lipinski definition) is 8. The summed E-state index contributed by atoms with van der Waals surface area (Å²) in [5.41, 5.74) is 3.33. The molecule has 2 heterocycles. The monoisotopic (exact) mass is 462 g/mol. The van der Waals surface area contributed by atoms with E-state index < -0.39 is 10.0 Å². The number of pyridine rings is 1. The van der Waals surface area contributed by atoms with Gasteiger partial charge in [-0.05, 0) is 49.0 Å². The number of benzene rings is 2. The minimum atomic E-state index is -3.54. The summed E-state index contributed by atoms with van der Waals surface area (Å²) < 4.78 is 31.6. The molecule has 0 spiro atoms. The van der Waals surface area contributed by atoms with Gasteiger partial charge in [-0.15, -0.1) is 0 Å². The summed E-state index contributed by atoms with van der Waals surface area (Å²) in [5, 5.41) is 6.38. The van der Waals surface area contributed by atoms with Crippen LogP contribution in [0.3, 0.4) is 0 Å². The van der Waals surface area contributed by atoms with Crippen LogP contribution in [-0.2, 0) is 10.0 Å². The molecule has 0 unspecified atom stereocenters. The number of nitrogens with zero attached hydrogens (tertiary/aromatic N) is 3. The van der Waals surface area contributed by atoms with E-state index in [0.29, 0.717) is 23.1 Å². The molecule has 0 fully saturated rings. The van der Waals surface area contributed by atoms with E-state index in [4.69, 9.17) is 4.74 Å². The molecule has 4 rings (SSSR count). The van der Waals surface area contributed by atoms with Crippen molar-refractivity contribution in [3.05, 3.63) is 79.4 Å². The maximum absolute atomic E-state index is 12.0. The van der Waals surface area contributed by atoms with Crippen LogP contribution < -0.4 is 20.1 Å². The minimum Gasteiger partial charge on any atom is -0.495 e. The Labute approximate surface area is 192 Å². The van der Waals surface area contributed by atoms with Gasteiger partial charge in [0.05, 0.1) is 18.2 Å². The smallest absolute Gasteiger partial charge is 0.240 e. The first kappa shape index (κ1) is 22.2. The van der Waals surface area contributed by atoms with Crippen molar-refractivity contribution in [2.45, 2.75) is 4.90 Å². The van der Waals surface area contributed by atoms with Gasteiger partial charge in [0, 0.05) is 29.2 Å². The van der Waals surface area contributed by atoms with E-state index in [1.54, 1.807) is 37.7 Å². The van der Waals surface area contributed by atoms with Gasteiger partial charge in [-0.1, -0.05) is 18.2 Å². The Bertz CT molecular complexity index is 1380. The first-order valence-corrected chi connectivity index (χ1v) is 11.4. The molecule has 10 heteroatoms. The second-order valence-corrected chi connectivity index (χ2v) is 8.85. The number of sulfonamides is 1. The number of aromatic nitrogens is 3. The lowest BCUT2D eigenvalue weighted by Crippen LogP contribution is -2.18. The number of rotatable bonds is 8. The molecule has 0 saturated heterocycles. The van der Waals surface area contributed by atoms with Crippen LogP contribution in [0.15, 0.2) is 84.3 Å². The number of anilines is 4. The van der Waals surface area contributed by atoms with Crippen molar-refractivity contribution in [2.24, 2.45) is 0 Å². The quantitative estimate of drug-likeness (QED) is 0.360. The highest BCUT2D eigenvalue weighted by molar-refractivity contribution is 7.89. The van der Waals surface area contributed by atoms with Gasteiger partial charge in [-0.3, -0.25) is 4.98 Å². The third-order valence-corrected chi connectivity index (χ3v) is 6.18. The standard InChI is InChI=1S/C23H22N6O3S/c1-24-33(30,31)21-8-4-7-19(11-21)29-23-12-22(26-15-27-23)28-18-6-3-5-16(9-18)17-10-20(32-2)14-25-13-17/h3-15,24H,1-2H3,(H2,26,27,28,29). The van der Waals surface area contributed by atoms with Crippen molar-refractivity contribution in [1.82, 2.24) is 19.7 Å². The SMILES string of the molecule is CNS(=O)(=O)c1cccc(Nc2cc(Nc3cccc(-c4cncc(OC)c4)c3)ncn2)c1. The fraction of sp³-hybridized carbons (Fsp3) is 0.0870. The summed E-state index contributed by atoms with van der Waals surface area (Å²) in [6, 6.07) is 18.0. The Kier molecular flexibility index (Phi) is 6.48. The van der Waals surface area contributed by atoms with Crippen molar-refractivity contribution in [3.8, 4) is 16.9 Å². The van der Waals surface area contributed by atoms with Crippen molar-refractivity contribution in [2.75, 3.05) is 24.8 Å². The largest absolute Gasteiger partial charge is 0.495 e. The molecule has 33 heavy (non-hydrogen) atoms. The molecule has 4 aromatic rings. The summed E-state index contributed by atoms with van der Waals surface area (Å²) in [6.07, 6.45) is 4.86. The van der Waals surface area contributed by atoms with Crippen LogP contribution in [0.4, 0.5) is 23.0 Å². The van der Waals surface area contributed by atoms with Crippen molar-refractivity contribution < 1.29 is 13.2 Å². The Morgan fingerprint density at radius 2 is 1.52 bits per heavy atom. The van der Waals surface area contributed by atoms with E-state index in [1.807, 2.05) is 30.3 Å². The summed E-state index contributed by atoms with van der Waals surface area (Å²) in [6.45, 7) is 0. The van der Waals surface area contributed by atoms with Gasteiger partial charge in [0.15, 0.2) is 0 Å². The van der Waals surface area contributed by atoms with Crippen LogP contribution in [0.25, 0.3) is 11.1 Å². The van der Waals surface area contributed by atoms with Gasteiger partial charge in [0.25, 0.3) is 0 Å². The van der Waals surface area contributed by atoms with E-state index >= 15 is 0 Å². The van der Waals surface area contributed by atoms with Crippen molar-refractivity contribution >= 4 is 33.0 Å². The zero-order valence-electron chi connectivity index (χ0n) is 18.0.